The second-order valence-electron chi connectivity index (χ2n) is 6.25. The molecule has 0 aliphatic heterocycles. The van der Waals surface area contributed by atoms with Gasteiger partial charge in [0.25, 0.3) is 5.91 Å². The minimum Gasteiger partial charge on any atom is -0.359 e. The van der Waals surface area contributed by atoms with E-state index in [1.54, 1.807) is 20.2 Å². The molecule has 8 heteroatoms. The lowest BCUT2D eigenvalue weighted by Gasteiger charge is -2.11. The highest BCUT2D eigenvalue weighted by atomic mass is 127. The van der Waals surface area contributed by atoms with E-state index in [1.165, 1.54) is 0 Å². The van der Waals surface area contributed by atoms with Crippen LogP contribution in [0.15, 0.2) is 39.8 Å². The van der Waals surface area contributed by atoms with Crippen LogP contribution in [0.3, 0.4) is 0 Å². The monoisotopic (exact) mass is 485 g/mol. The Bertz CT molecular complexity index is 758. The van der Waals surface area contributed by atoms with Crippen LogP contribution in [0.5, 0.6) is 0 Å². The Morgan fingerprint density at radius 2 is 2.04 bits per heavy atom. The lowest BCUT2D eigenvalue weighted by molar-refractivity contribution is 0.0963. The van der Waals surface area contributed by atoms with Gasteiger partial charge in [-0.1, -0.05) is 31.1 Å². The predicted octanol–water partition coefficient (Wildman–Crippen LogP) is 2.68. The number of aliphatic imine (C=N–C) groups is 1. The molecule has 0 saturated heterocycles. The molecular formula is C19H28IN5O2. The van der Waals surface area contributed by atoms with Crippen molar-refractivity contribution in [1.82, 2.24) is 21.1 Å². The number of hydrogen-bond donors (Lipinski definition) is 3. The summed E-state index contributed by atoms with van der Waals surface area (Å²) in [5, 5.41) is 13.1. The number of halogens is 1. The molecule has 7 nitrogen and oxygen atoms in total. The number of aromatic nitrogens is 1. The van der Waals surface area contributed by atoms with Crippen molar-refractivity contribution in [3.05, 3.63) is 52.9 Å². The quantitative estimate of drug-likeness (QED) is 0.319. The lowest BCUT2D eigenvalue weighted by Crippen LogP contribution is -2.37. The van der Waals surface area contributed by atoms with Crippen LogP contribution < -0.4 is 16.0 Å². The molecule has 0 unspecified atom stereocenters. The van der Waals surface area contributed by atoms with Crippen LogP contribution in [0, 0.1) is 0 Å². The highest BCUT2D eigenvalue weighted by Crippen LogP contribution is 2.13. The van der Waals surface area contributed by atoms with E-state index in [9.17, 15) is 4.79 Å². The maximum atomic E-state index is 11.7. The maximum Gasteiger partial charge on any atom is 0.251 e. The second-order valence-corrected chi connectivity index (χ2v) is 6.25. The van der Waals surface area contributed by atoms with Crippen molar-refractivity contribution >= 4 is 35.8 Å². The molecule has 0 fully saturated rings. The molecule has 1 heterocycles. The van der Waals surface area contributed by atoms with Gasteiger partial charge in [0.1, 0.15) is 0 Å². The van der Waals surface area contributed by atoms with Crippen molar-refractivity contribution in [3.63, 3.8) is 0 Å². The number of carbonyl (C=O) groups excluding carboxylic acids is 1. The predicted molar refractivity (Wildman–Crippen MR) is 118 cm³/mol. The Morgan fingerprint density at radius 3 is 2.67 bits per heavy atom. The van der Waals surface area contributed by atoms with Gasteiger partial charge < -0.3 is 20.5 Å². The highest BCUT2D eigenvalue weighted by molar-refractivity contribution is 14.0. The lowest BCUT2D eigenvalue weighted by atomic mass is 10.1. The number of nitrogens with one attached hydrogen (secondary N) is 3. The van der Waals surface area contributed by atoms with E-state index >= 15 is 0 Å². The number of benzene rings is 1. The van der Waals surface area contributed by atoms with Gasteiger partial charge in [-0.15, -0.1) is 24.0 Å². The summed E-state index contributed by atoms with van der Waals surface area (Å²) in [7, 11) is 3.35. The Morgan fingerprint density at radius 1 is 1.26 bits per heavy atom. The number of rotatable bonds is 7. The van der Waals surface area contributed by atoms with Crippen LogP contribution in [0.25, 0.3) is 0 Å². The summed E-state index contributed by atoms with van der Waals surface area (Å²) in [5.74, 6) is 1.73. The summed E-state index contributed by atoms with van der Waals surface area (Å²) < 4.78 is 5.31. The molecule has 0 saturated carbocycles. The summed E-state index contributed by atoms with van der Waals surface area (Å²) in [6.07, 6.45) is 0.783. The number of nitrogens with zero attached hydrogens (tertiary/aromatic N) is 2. The van der Waals surface area contributed by atoms with Crippen LogP contribution in [0.2, 0.25) is 0 Å². The summed E-state index contributed by atoms with van der Waals surface area (Å²) in [4.78, 5) is 15.9. The van der Waals surface area contributed by atoms with E-state index in [-0.39, 0.29) is 29.9 Å². The number of guanidine groups is 1. The zero-order valence-electron chi connectivity index (χ0n) is 16.2. The molecule has 148 valence electrons. The van der Waals surface area contributed by atoms with Crippen LogP contribution >= 0.6 is 24.0 Å². The third kappa shape index (κ3) is 7.20. The highest BCUT2D eigenvalue weighted by Gasteiger charge is 2.08. The van der Waals surface area contributed by atoms with Crippen LogP contribution in [0.1, 0.15) is 47.1 Å². The molecule has 0 aliphatic carbocycles. The number of carbonyl (C=O) groups is 1. The molecule has 1 amide bonds. The van der Waals surface area contributed by atoms with Crippen LogP contribution in [-0.2, 0) is 13.0 Å². The molecule has 1 aromatic carbocycles. The molecular weight excluding hydrogens is 457 g/mol. The molecule has 0 atom stereocenters. The first-order chi connectivity index (χ1) is 12.5. The van der Waals surface area contributed by atoms with Crippen molar-refractivity contribution in [2.75, 3.05) is 20.6 Å². The first-order valence-electron chi connectivity index (χ1n) is 8.74. The van der Waals surface area contributed by atoms with Gasteiger partial charge in [0.15, 0.2) is 11.7 Å². The third-order valence-electron chi connectivity index (χ3n) is 3.94. The average Bonchev–Trinajstić information content (AvgIpc) is 3.13. The van der Waals surface area contributed by atoms with Gasteiger partial charge in [-0.05, 0) is 30.0 Å². The van der Waals surface area contributed by atoms with Gasteiger partial charge in [-0.3, -0.25) is 9.79 Å². The molecule has 3 N–H and O–H groups in total. The van der Waals surface area contributed by atoms with Crippen LogP contribution in [0.4, 0.5) is 0 Å². The molecule has 0 radical (unpaired) electrons. The van der Waals surface area contributed by atoms with Crippen LogP contribution in [-0.4, -0.2) is 37.7 Å². The fourth-order valence-corrected chi connectivity index (χ4v) is 2.41. The molecule has 0 aliphatic rings. The average molecular weight is 485 g/mol. The standard InChI is InChI=1S/C19H27N5O2.HI/c1-13(2)17-11-16(26-24-17)12-23-19(21-4)22-9-8-14-6-5-7-15(10-14)18(25)20-3;/h5-7,10-11,13H,8-9,12H2,1-4H3,(H,20,25)(H2,21,22,23);1H. The van der Waals surface area contributed by atoms with E-state index in [4.69, 9.17) is 4.52 Å². The van der Waals surface area contributed by atoms with Gasteiger partial charge in [0.05, 0.1) is 12.2 Å². The van der Waals surface area contributed by atoms with Crippen molar-refractivity contribution in [1.29, 1.82) is 0 Å². The third-order valence-corrected chi connectivity index (χ3v) is 3.94. The minimum absolute atomic E-state index is 0. The molecule has 1 aromatic heterocycles. The molecule has 2 rings (SSSR count). The Balaban J connectivity index is 0.00000364. The zero-order valence-corrected chi connectivity index (χ0v) is 18.5. The fraction of sp³-hybridized carbons (Fsp3) is 0.421. The summed E-state index contributed by atoms with van der Waals surface area (Å²) in [5.41, 5.74) is 2.70. The number of amides is 1. The van der Waals surface area contributed by atoms with E-state index in [0.29, 0.717) is 30.5 Å². The maximum absolute atomic E-state index is 11.7. The van der Waals surface area contributed by atoms with Gasteiger partial charge in [-0.2, -0.15) is 0 Å². The largest absolute Gasteiger partial charge is 0.359 e. The Labute approximate surface area is 177 Å². The SMILES string of the molecule is CN=C(NCCc1cccc(C(=O)NC)c1)NCc1cc(C(C)C)no1.I. The number of hydrogen-bond acceptors (Lipinski definition) is 4. The molecule has 0 spiro atoms. The van der Waals surface area contributed by atoms with Crippen molar-refractivity contribution < 1.29 is 9.32 Å². The molecule has 2 aromatic rings. The summed E-state index contributed by atoms with van der Waals surface area (Å²) in [6, 6.07) is 9.56. The Hall–Kier alpha value is -2.10. The van der Waals surface area contributed by atoms with Crippen molar-refractivity contribution in [2.24, 2.45) is 4.99 Å². The normalized spacial score (nSPS) is 11.1. The first kappa shape index (κ1) is 22.9. The van der Waals surface area contributed by atoms with E-state index in [0.717, 1.165) is 23.4 Å². The van der Waals surface area contributed by atoms with E-state index in [2.05, 4.69) is 39.9 Å². The topological polar surface area (TPSA) is 91.5 Å². The molecule has 0 bridgehead atoms. The smallest absolute Gasteiger partial charge is 0.251 e. The van der Waals surface area contributed by atoms with Gasteiger partial charge >= 0.3 is 0 Å². The first-order valence-corrected chi connectivity index (χ1v) is 8.74. The van der Waals surface area contributed by atoms with Gasteiger partial charge in [0.2, 0.25) is 0 Å². The van der Waals surface area contributed by atoms with Crippen molar-refractivity contribution in [3.8, 4) is 0 Å². The zero-order chi connectivity index (χ0) is 18.9. The van der Waals surface area contributed by atoms with Gasteiger partial charge in [-0.25, -0.2) is 0 Å². The van der Waals surface area contributed by atoms with Gasteiger partial charge in [0, 0.05) is 32.3 Å². The molecule has 27 heavy (non-hydrogen) atoms. The second kappa shape index (κ2) is 11.6. The fourth-order valence-electron chi connectivity index (χ4n) is 2.41. The van der Waals surface area contributed by atoms with E-state index < -0.39 is 0 Å². The summed E-state index contributed by atoms with van der Waals surface area (Å²) in [6.45, 7) is 5.37. The summed E-state index contributed by atoms with van der Waals surface area (Å²) >= 11 is 0. The van der Waals surface area contributed by atoms with Crippen molar-refractivity contribution in [2.45, 2.75) is 32.7 Å². The minimum atomic E-state index is -0.0786. The van der Waals surface area contributed by atoms with E-state index in [1.807, 2.05) is 24.3 Å². The Kier molecular flexibility index (Phi) is 9.84.